The number of hydrogen-bond acceptors (Lipinski definition) is 4. The number of hydrogen-bond donors (Lipinski definition) is 1. The van der Waals surface area contributed by atoms with Crippen molar-refractivity contribution < 1.29 is 27.5 Å². The molecular weight excluding hydrogens is 485 g/mol. The first-order chi connectivity index (χ1) is 17.6. The number of carbonyl (C=O) groups excluding carboxylic acids is 2. The minimum Gasteiger partial charge on any atom is -0.356 e. The van der Waals surface area contributed by atoms with Crippen molar-refractivity contribution in [1.82, 2.24) is 20.0 Å². The summed E-state index contributed by atoms with van der Waals surface area (Å²) >= 11 is 0. The number of amides is 2. The van der Waals surface area contributed by atoms with Gasteiger partial charge in [0.1, 0.15) is 0 Å². The molecule has 0 aliphatic carbocycles. The zero-order chi connectivity index (χ0) is 26.4. The summed E-state index contributed by atoms with van der Waals surface area (Å²) in [6, 6.07) is 13.1. The number of benzene rings is 2. The SMILES string of the molecule is CO[C@@](C(=O)N1CCC2(CC1)CC(=O)NC[C@@H]2c1ccnn1C)(c1cccc2ccccc12)C(F)(F)F. The number of carbonyl (C=O) groups is 2. The summed E-state index contributed by atoms with van der Waals surface area (Å²) < 4.78 is 51.5. The van der Waals surface area contributed by atoms with E-state index >= 15 is 0 Å². The number of aromatic nitrogens is 2. The van der Waals surface area contributed by atoms with E-state index in [-0.39, 0.29) is 36.9 Å². The zero-order valence-electron chi connectivity index (χ0n) is 20.7. The molecule has 0 bridgehead atoms. The maximum atomic E-state index is 14.9. The highest BCUT2D eigenvalue weighted by Gasteiger charge is 2.65. The second-order valence-electron chi connectivity index (χ2n) is 9.98. The number of aryl methyl sites for hydroxylation is 1. The third-order valence-electron chi connectivity index (χ3n) is 8.19. The Balaban J connectivity index is 1.49. The monoisotopic (exact) mass is 514 g/mol. The van der Waals surface area contributed by atoms with Gasteiger partial charge in [-0.1, -0.05) is 42.5 Å². The molecule has 37 heavy (non-hydrogen) atoms. The summed E-state index contributed by atoms with van der Waals surface area (Å²) in [5.74, 6) is -1.27. The summed E-state index contributed by atoms with van der Waals surface area (Å²) in [5.41, 5.74) is -2.89. The minimum absolute atomic E-state index is 0.0529. The van der Waals surface area contributed by atoms with Gasteiger partial charge in [-0.25, -0.2) is 0 Å². The number of likely N-dealkylation sites (tertiary alicyclic amines) is 1. The number of methoxy groups -OCH3 is 1. The summed E-state index contributed by atoms with van der Waals surface area (Å²) in [7, 11) is 2.76. The van der Waals surface area contributed by atoms with Crippen molar-refractivity contribution in [3.63, 3.8) is 0 Å². The van der Waals surface area contributed by atoms with Crippen LogP contribution in [0.3, 0.4) is 0 Å². The quantitative estimate of drug-likeness (QED) is 0.573. The Hall–Kier alpha value is -3.40. The molecule has 2 aromatic carbocycles. The molecular formula is C27H29F3N4O3. The Kier molecular flexibility index (Phi) is 6.26. The molecule has 2 aliphatic rings. The minimum atomic E-state index is -5.00. The van der Waals surface area contributed by atoms with E-state index in [2.05, 4.69) is 10.4 Å². The number of alkyl halides is 3. The van der Waals surface area contributed by atoms with Crippen LogP contribution in [0, 0.1) is 5.41 Å². The lowest BCUT2D eigenvalue weighted by molar-refractivity contribution is -0.270. The second-order valence-corrected chi connectivity index (χ2v) is 9.98. The van der Waals surface area contributed by atoms with E-state index in [0.717, 1.165) is 12.8 Å². The first-order valence-corrected chi connectivity index (χ1v) is 12.3. The lowest BCUT2D eigenvalue weighted by Crippen LogP contribution is -2.60. The molecule has 1 N–H and O–H groups in total. The number of fused-ring (bicyclic) bond motifs is 1. The Bertz CT molecular complexity index is 1320. The Morgan fingerprint density at radius 2 is 1.81 bits per heavy atom. The van der Waals surface area contributed by atoms with Crippen LogP contribution in [0.2, 0.25) is 0 Å². The molecule has 1 aromatic heterocycles. The average Bonchev–Trinajstić information content (AvgIpc) is 3.30. The van der Waals surface area contributed by atoms with E-state index in [9.17, 15) is 22.8 Å². The maximum absolute atomic E-state index is 14.9. The topological polar surface area (TPSA) is 76.5 Å². The number of piperidine rings is 2. The molecule has 2 atom stereocenters. The van der Waals surface area contributed by atoms with Crippen molar-refractivity contribution in [3.8, 4) is 0 Å². The average molecular weight is 515 g/mol. The van der Waals surface area contributed by atoms with Crippen LogP contribution in [0.25, 0.3) is 10.8 Å². The Morgan fingerprint density at radius 1 is 1.11 bits per heavy atom. The molecule has 0 radical (unpaired) electrons. The Morgan fingerprint density at radius 3 is 2.46 bits per heavy atom. The van der Waals surface area contributed by atoms with Gasteiger partial charge in [-0.2, -0.15) is 18.3 Å². The number of nitrogens with one attached hydrogen (secondary N) is 1. The number of ether oxygens (including phenoxy) is 1. The summed E-state index contributed by atoms with van der Waals surface area (Å²) in [6.07, 6.45) is -2.26. The molecule has 7 nitrogen and oxygen atoms in total. The third-order valence-corrected chi connectivity index (χ3v) is 8.19. The maximum Gasteiger partial charge on any atom is 0.431 e. The highest BCUT2D eigenvalue weighted by molar-refractivity contribution is 5.95. The first-order valence-electron chi connectivity index (χ1n) is 12.3. The van der Waals surface area contributed by atoms with E-state index in [1.54, 1.807) is 41.2 Å². The first kappa shape index (κ1) is 25.3. The summed E-state index contributed by atoms with van der Waals surface area (Å²) in [4.78, 5) is 27.5. The molecule has 2 amide bonds. The van der Waals surface area contributed by atoms with Gasteiger partial charge in [0.15, 0.2) is 0 Å². The van der Waals surface area contributed by atoms with Crippen molar-refractivity contribution in [3.05, 3.63) is 66.0 Å². The molecule has 2 saturated heterocycles. The van der Waals surface area contributed by atoms with Gasteiger partial charge in [0.05, 0.1) is 0 Å². The van der Waals surface area contributed by atoms with Crippen LogP contribution in [0.1, 0.15) is 36.4 Å². The van der Waals surface area contributed by atoms with Gasteiger partial charge in [-0.05, 0) is 35.1 Å². The lowest BCUT2D eigenvalue weighted by atomic mass is 9.63. The molecule has 1 spiro atoms. The van der Waals surface area contributed by atoms with Crippen molar-refractivity contribution in [2.45, 2.75) is 37.0 Å². The standard InChI is InChI=1S/C27H29F3N4O3/c1-33-22(10-13-32-33)21-17-31-23(35)16-25(21)11-14-34(15-12-25)24(36)26(37-2,27(28,29)30)20-9-5-7-18-6-3-4-8-19(18)20/h3-10,13,21H,11-12,14-17H2,1-2H3,(H,31,35)/t21-,26-/m1/s1. The van der Waals surface area contributed by atoms with Crippen LogP contribution in [-0.2, 0) is 27.0 Å². The summed E-state index contributed by atoms with van der Waals surface area (Å²) in [5, 5.41) is 8.07. The Labute approximate surface area is 212 Å². The fourth-order valence-corrected chi connectivity index (χ4v) is 6.22. The van der Waals surface area contributed by atoms with Gasteiger partial charge in [-0.15, -0.1) is 0 Å². The highest BCUT2D eigenvalue weighted by atomic mass is 19.4. The predicted molar refractivity (Wildman–Crippen MR) is 131 cm³/mol. The van der Waals surface area contributed by atoms with E-state index < -0.39 is 23.1 Å². The highest BCUT2D eigenvalue weighted by Crippen LogP contribution is 2.51. The van der Waals surface area contributed by atoms with Gasteiger partial charge in [0.25, 0.3) is 11.5 Å². The van der Waals surface area contributed by atoms with Crippen molar-refractivity contribution >= 4 is 22.6 Å². The van der Waals surface area contributed by atoms with Crippen LogP contribution in [-0.4, -0.2) is 59.4 Å². The van der Waals surface area contributed by atoms with Gasteiger partial charge >= 0.3 is 6.18 Å². The van der Waals surface area contributed by atoms with Crippen LogP contribution < -0.4 is 5.32 Å². The molecule has 2 aliphatic heterocycles. The molecule has 196 valence electrons. The molecule has 0 unspecified atom stereocenters. The van der Waals surface area contributed by atoms with Gasteiger partial charge in [0, 0.05) is 63.6 Å². The molecule has 3 aromatic rings. The van der Waals surface area contributed by atoms with Crippen molar-refractivity contribution in [1.29, 1.82) is 0 Å². The zero-order valence-corrected chi connectivity index (χ0v) is 20.7. The fourth-order valence-electron chi connectivity index (χ4n) is 6.22. The fraction of sp³-hybridized carbons (Fsp3) is 0.444. The van der Waals surface area contributed by atoms with Crippen molar-refractivity contribution in [2.24, 2.45) is 12.5 Å². The van der Waals surface area contributed by atoms with E-state index in [4.69, 9.17) is 4.74 Å². The van der Waals surface area contributed by atoms with Crippen molar-refractivity contribution in [2.75, 3.05) is 26.7 Å². The van der Waals surface area contributed by atoms with E-state index in [1.807, 2.05) is 13.1 Å². The van der Waals surface area contributed by atoms with Crippen LogP contribution in [0.4, 0.5) is 13.2 Å². The third kappa shape index (κ3) is 3.98. The molecule has 10 heteroatoms. The van der Waals surface area contributed by atoms with Crippen LogP contribution >= 0.6 is 0 Å². The van der Waals surface area contributed by atoms with Crippen LogP contribution in [0.15, 0.2) is 54.7 Å². The predicted octanol–water partition coefficient (Wildman–Crippen LogP) is 3.89. The van der Waals surface area contributed by atoms with Gasteiger partial charge < -0.3 is 15.0 Å². The summed E-state index contributed by atoms with van der Waals surface area (Å²) in [6.45, 7) is 0.603. The molecule has 3 heterocycles. The van der Waals surface area contributed by atoms with Gasteiger partial charge in [0.2, 0.25) is 5.91 Å². The normalized spacial score (nSPS) is 21.6. The lowest BCUT2D eigenvalue weighted by Gasteiger charge is -2.50. The molecule has 2 fully saturated rings. The van der Waals surface area contributed by atoms with Gasteiger partial charge in [-0.3, -0.25) is 14.3 Å². The van der Waals surface area contributed by atoms with E-state index in [1.165, 1.54) is 17.0 Å². The molecule has 0 saturated carbocycles. The number of halogens is 3. The van der Waals surface area contributed by atoms with E-state index in [0.29, 0.717) is 30.2 Å². The largest absolute Gasteiger partial charge is 0.431 e. The smallest absolute Gasteiger partial charge is 0.356 e. The molecule has 5 rings (SSSR count). The number of nitrogens with zero attached hydrogens (tertiary/aromatic N) is 3. The second kappa shape index (κ2) is 9.16. The number of rotatable bonds is 4. The van der Waals surface area contributed by atoms with Crippen LogP contribution in [0.5, 0.6) is 0 Å².